The van der Waals surface area contributed by atoms with Gasteiger partial charge >= 0.3 is 11.9 Å². The first kappa shape index (κ1) is 29.8. The van der Waals surface area contributed by atoms with Crippen molar-refractivity contribution in [1.82, 2.24) is 0 Å². The number of unbranched alkanes of at least 4 members (excludes halogenated alkanes) is 10. The van der Waals surface area contributed by atoms with Gasteiger partial charge in [0.2, 0.25) is 0 Å². The van der Waals surface area contributed by atoms with E-state index in [1.54, 1.807) is 0 Å². The summed E-state index contributed by atoms with van der Waals surface area (Å²) in [4.78, 5) is 24.0. The number of aliphatic hydroxyl groups excluding tert-OH is 3. The van der Waals surface area contributed by atoms with Crippen molar-refractivity contribution in [3.63, 3.8) is 0 Å². The lowest BCUT2D eigenvalue weighted by Crippen LogP contribution is -2.37. The lowest BCUT2D eigenvalue weighted by molar-refractivity contribution is -0.156. The second-order valence-corrected chi connectivity index (χ2v) is 8.52. The van der Waals surface area contributed by atoms with Crippen LogP contribution in [0, 0.1) is 5.41 Å². The van der Waals surface area contributed by atoms with Gasteiger partial charge in [-0.25, -0.2) is 0 Å². The molecule has 0 bridgehead atoms. The van der Waals surface area contributed by atoms with E-state index in [1.165, 1.54) is 0 Å². The quantitative estimate of drug-likeness (QED) is 0.171. The van der Waals surface area contributed by atoms with E-state index in [2.05, 4.69) is 0 Å². The maximum atomic E-state index is 12.0. The van der Waals surface area contributed by atoms with E-state index in [4.69, 9.17) is 19.7 Å². The first-order valence-electron chi connectivity index (χ1n) is 12.2. The van der Waals surface area contributed by atoms with Gasteiger partial charge in [0.05, 0.1) is 12.0 Å². The van der Waals surface area contributed by atoms with Crippen LogP contribution >= 0.6 is 0 Å². The van der Waals surface area contributed by atoms with Gasteiger partial charge < -0.3 is 24.8 Å². The fraction of sp³-hybridized carbons (Fsp3) is 0.917. The highest BCUT2D eigenvalue weighted by Gasteiger charge is 2.31. The second-order valence-electron chi connectivity index (χ2n) is 8.52. The fourth-order valence-corrected chi connectivity index (χ4v) is 3.24. The Hall–Kier alpha value is -1.18. The van der Waals surface area contributed by atoms with Crippen LogP contribution in [0.3, 0.4) is 0 Å². The predicted octanol–water partition coefficient (Wildman–Crippen LogP) is 3.91. The molecule has 3 N–H and O–H groups in total. The molecule has 0 radical (unpaired) electrons. The summed E-state index contributed by atoms with van der Waals surface area (Å²) in [7, 11) is 0. The topological polar surface area (TPSA) is 113 Å². The molecule has 184 valence electrons. The van der Waals surface area contributed by atoms with Gasteiger partial charge in [0.25, 0.3) is 0 Å². The summed E-state index contributed by atoms with van der Waals surface area (Å²) in [6, 6.07) is 0. The zero-order valence-electron chi connectivity index (χ0n) is 19.6. The van der Waals surface area contributed by atoms with Gasteiger partial charge in [0.15, 0.2) is 0 Å². The molecule has 7 nitrogen and oxygen atoms in total. The van der Waals surface area contributed by atoms with Gasteiger partial charge in [-0.1, -0.05) is 58.3 Å². The van der Waals surface area contributed by atoms with Crippen molar-refractivity contribution in [3.05, 3.63) is 0 Å². The molecule has 0 aromatic rings. The van der Waals surface area contributed by atoms with Gasteiger partial charge in [0.1, 0.15) is 13.2 Å². The highest BCUT2D eigenvalue weighted by Crippen LogP contribution is 2.23. The van der Waals surface area contributed by atoms with Crippen molar-refractivity contribution in [2.24, 2.45) is 5.41 Å². The molecule has 0 aromatic carbocycles. The summed E-state index contributed by atoms with van der Waals surface area (Å²) in [5.74, 6) is -0.566. The van der Waals surface area contributed by atoms with E-state index in [9.17, 15) is 14.7 Å². The van der Waals surface area contributed by atoms with Gasteiger partial charge in [-0.3, -0.25) is 9.59 Å². The fourth-order valence-electron chi connectivity index (χ4n) is 3.24. The molecule has 0 atom stereocenters. The standard InChI is InChI=1S/C24H46O7/c1-2-24(19-27,20-30-22(28)15-11-7-3-5-9-13-17-25)21-31-23(29)16-12-8-4-6-10-14-18-26/h25-27H,2-21H2,1H3. The molecule has 0 amide bonds. The summed E-state index contributed by atoms with van der Waals surface area (Å²) < 4.78 is 10.7. The van der Waals surface area contributed by atoms with Crippen LogP contribution in [-0.4, -0.2) is 60.3 Å². The van der Waals surface area contributed by atoms with Crippen molar-refractivity contribution in [3.8, 4) is 0 Å². The molecule has 0 saturated carbocycles. The van der Waals surface area contributed by atoms with Crippen LogP contribution < -0.4 is 0 Å². The zero-order chi connectivity index (χ0) is 23.2. The Balaban J connectivity index is 4.01. The average Bonchev–Trinajstić information content (AvgIpc) is 2.78. The largest absolute Gasteiger partial charge is 0.465 e. The van der Waals surface area contributed by atoms with Crippen LogP contribution in [0.4, 0.5) is 0 Å². The molecule has 0 saturated heterocycles. The Morgan fingerprint density at radius 1 is 0.613 bits per heavy atom. The van der Waals surface area contributed by atoms with Crippen molar-refractivity contribution < 1.29 is 34.4 Å². The molecule has 0 aromatic heterocycles. The van der Waals surface area contributed by atoms with E-state index in [0.29, 0.717) is 19.3 Å². The summed E-state index contributed by atoms with van der Waals surface area (Å²) in [6.07, 6.45) is 12.6. The molecule has 0 aliphatic heterocycles. The molecule has 7 heteroatoms. The second kappa shape index (κ2) is 20.7. The van der Waals surface area contributed by atoms with Crippen LogP contribution in [0.25, 0.3) is 0 Å². The Labute approximate surface area is 188 Å². The molecular formula is C24H46O7. The highest BCUT2D eigenvalue weighted by molar-refractivity contribution is 5.69. The molecule has 0 rings (SSSR count). The molecule has 0 spiro atoms. The summed E-state index contributed by atoms with van der Waals surface area (Å²) in [5.41, 5.74) is -0.750. The number of rotatable bonds is 22. The third-order valence-electron chi connectivity index (χ3n) is 5.74. The number of carbonyl (C=O) groups is 2. The summed E-state index contributed by atoms with van der Waals surface area (Å²) in [6.45, 7) is 2.24. The monoisotopic (exact) mass is 446 g/mol. The van der Waals surface area contributed by atoms with Crippen molar-refractivity contribution in [1.29, 1.82) is 0 Å². The Bertz CT molecular complexity index is 400. The van der Waals surface area contributed by atoms with E-state index < -0.39 is 5.41 Å². The van der Waals surface area contributed by atoms with Crippen molar-refractivity contribution in [2.75, 3.05) is 33.0 Å². The van der Waals surface area contributed by atoms with E-state index >= 15 is 0 Å². The third kappa shape index (κ3) is 17.1. The Kier molecular flexibility index (Phi) is 19.9. The van der Waals surface area contributed by atoms with Crippen LogP contribution in [0.15, 0.2) is 0 Å². The first-order valence-corrected chi connectivity index (χ1v) is 12.2. The van der Waals surface area contributed by atoms with E-state index in [0.717, 1.165) is 77.0 Å². The zero-order valence-corrected chi connectivity index (χ0v) is 19.6. The Morgan fingerprint density at radius 2 is 0.968 bits per heavy atom. The number of carbonyl (C=O) groups excluding carboxylic acids is 2. The van der Waals surface area contributed by atoms with E-state index in [-0.39, 0.29) is 45.0 Å². The molecule has 0 aliphatic rings. The summed E-state index contributed by atoms with van der Waals surface area (Å²) >= 11 is 0. The number of hydrogen-bond acceptors (Lipinski definition) is 7. The van der Waals surface area contributed by atoms with Crippen LogP contribution in [-0.2, 0) is 19.1 Å². The highest BCUT2D eigenvalue weighted by atomic mass is 16.5. The lowest BCUT2D eigenvalue weighted by Gasteiger charge is -2.29. The predicted molar refractivity (Wildman–Crippen MR) is 121 cm³/mol. The van der Waals surface area contributed by atoms with Crippen LogP contribution in [0.2, 0.25) is 0 Å². The van der Waals surface area contributed by atoms with Crippen LogP contribution in [0.1, 0.15) is 103 Å². The van der Waals surface area contributed by atoms with Gasteiger partial charge in [-0.15, -0.1) is 0 Å². The van der Waals surface area contributed by atoms with Crippen molar-refractivity contribution in [2.45, 2.75) is 103 Å². The normalized spacial score (nSPS) is 11.5. The van der Waals surface area contributed by atoms with Gasteiger partial charge in [0, 0.05) is 26.1 Å². The number of hydrogen-bond donors (Lipinski definition) is 3. The van der Waals surface area contributed by atoms with E-state index in [1.807, 2.05) is 6.92 Å². The SMILES string of the molecule is CCC(CO)(COC(=O)CCCCCCCCO)COC(=O)CCCCCCCCO. The Morgan fingerprint density at radius 3 is 1.29 bits per heavy atom. The minimum atomic E-state index is -0.750. The first-order chi connectivity index (χ1) is 15.0. The smallest absolute Gasteiger partial charge is 0.305 e. The molecule has 0 aliphatic carbocycles. The molecule has 0 unspecified atom stereocenters. The van der Waals surface area contributed by atoms with Crippen LogP contribution in [0.5, 0.6) is 0 Å². The summed E-state index contributed by atoms with van der Waals surface area (Å²) in [5, 5.41) is 27.3. The minimum Gasteiger partial charge on any atom is -0.465 e. The third-order valence-corrected chi connectivity index (χ3v) is 5.74. The lowest BCUT2D eigenvalue weighted by atomic mass is 9.88. The average molecular weight is 447 g/mol. The maximum Gasteiger partial charge on any atom is 0.305 e. The van der Waals surface area contributed by atoms with Gasteiger partial charge in [-0.05, 0) is 32.1 Å². The maximum absolute atomic E-state index is 12.0. The number of aliphatic hydroxyl groups is 3. The number of ether oxygens (including phenoxy) is 2. The minimum absolute atomic E-state index is 0.0491. The molecule has 31 heavy (non-hydrogen) atoms. The van der Waals surface area contributed by atoms with Crippen molar-refractivity contribution >= 4 is 11.9 Å². The molecular weight excluding hydrogens is 400 g/mol. The molecule has 0 heterocycles. The van der Waals surface area contributed by atoms with Gasteiger partial charge in [-0.2, -0.15) is 0 Å². The molecule has 0 fully saturated rings. The number of esters is 2.